The fourth-order valence-corrected chi connectivity index (χ4v) is 2.06. The van der Waals surface area contributed by atoms with Crippen LogP contribution in [0.3, 0.4) is 0 Å². The highest BCUT2D eigenvalue weighted by Gasteiger charge is 2.07. The molecule has 0 aromatic carbocycles. The van der Waals surface area contributed by atoms with Crippen LogP contribution in [0, 0.1) is 0 Å². The number of nitrogens with zero attached hydrogens (tertiary/aromatic N) is 4. The summed E-state index contributed by atoms with van der Waals surface area (Å²) in [6.45, 7) is 2.61. The number of aromatic nitrogens is 4. The van der Waals surface area contributed by atoms with Crippen molar-refractivity contribution >= 4 is 17.4 Å². The highest BCUT2D eigenvalue weighted by Crippen LogP contribution is 2.11. The Balaban J connectivity index is 1.89. The number of nitrogen functional groups attached to an aromatic ring is 1. The zero-order chi connectivity index (χ0) is 12.1. The van der Waals surface area contributed by atoms with Crippen LogP contribution in [0.15, 0.2) is 16.9 Å². The van der Waals surface area contributed by atoms with Crippen LogP contribution in [0.5, 0.6) is 0 Å². The Morgan fingerprint density at radius 1 is 1.53 bits per heavy atom. The highest BCUT2D eigenvalue weighted by molar-refractivity contribution is 7.98. The second kappa shape index (κ2) is 5.72. The van der Waals surface area contributed by atoms with E-state index in [1.54, 1.807) is 28.8 Å². The van der Waals surface area contributed by atoms with Gasteiger partial charge in [0, 0.05) is 6.20 Å². The Hall–Kier alpha value is -1.50. The van der Waals surface area contributed by atoms with E-state index in [1.807, 2.05) is 0 Å². The highest BCUT2D eigenvalue weighted by atomic mass is 32.2. The van der Waals surface area contributed by atoms with Crippen molar-refractivity contribution in [2.24, 2.45) is 0 Å². The zero-order valence-electron chi connectivity index (χ0n) is 9.67. The van der Waals surface area contributed by atoms with Gasteiger partial charge in [-0.2, -0.15) is 21.8 Å². The molecule has 0 aliphatic carbocycles. The van der Waals surface area contributed by atoms with E-state index in [1.165, 1.54) is 0 Å². The summed E-state index contributed by atoms with van der Waals surface area (Å²) >= 11 is 1.80. The van der Waals surface area contributed by atoms with Gasteiger partial charge < -0.3 is 10.3 Å². The third kappa shape index (κ3) is 3.48. The number of thioether (sulfide) groups is 1. The van der Waals surface area contributed by atoms with Gasteiger partial charge in [0.1, 0.15) is 6.54 Å². The molecule has 17 heavy (non-hydrogen) atoms. The van der Waals surface area contributed by atoms with Gasteiger partial charge in [0.2, 0.25) is 5.89 Å². The summed E-state index contributed by atoms with van der Waals surface area (Å²) in [5, 5.41) is 7.97. The molecule has 0 aliphatic rings. The van der Waals surface area contributed by atoms with Crippen LogP contribution in [-0.2, 0) is 12.3 Å². The van der Waals surface area contributed by atoms with E-state index in [0.717, 1.165) is 23.8 Å². The third-order valence-electron chi connectivity index (χ3n) is 2.04. The summed E-state index contributed by atoms with van der Waals surface area (Å²) in [5.74, 6) is 3.19. The van der Waals surface area contributed by atoms with Gasteiger partial charge in [-0.3, -0.25) is 4.68 Å². The molecule has 0 saturated heterocycles. The molecule has 0 radical (unpaired) electrons. The average molecular weight is 253 g/mol. The fourth-order valence-electron chi connectivity index (χ4n) is 1.33. The predicted octanol–water partition coefficient (Wildman–Crippen LogP) is 1.54. The first-order valence-electron chi connectivity index (χ1n) is 5.45. The first-order chi connectivity index (χ1) is 8.28. The molecule has 0 aliphatic heterocycles. The van der Waals surface area contributed by atoms with Gasteiger partial charge in [-0.25, -0.2) is 0 Å². The van der Waals surface area contributed by atoms with Crippen molar-refractivity contribution in [2.75, 3.05) is 11.5 Å². The van der Waals surface area contributed by atoms with Crippen molar-refractivity contribution in [3.63, 3.8) is 0 Å². The van der Waals surface area contributed by atoms with Crippen LogP contribution in [0.4, 0.5) is 5.69 Å². The van der Waals surface area contributed by atoms with Crippen LogP contribution in [0.25, 0.3) is 0 Å². The third-order valence-corrected chi connectivity index (χ3v) is 3.20. The standard InChI is InChI=1S/C10H15N5OS/c1-2-3-17-7-9-13-10(16-14-9)6-15-5-8(11)4-12-15/h4-5H,2-3,6-7,11H2,1H3. The first kappa shape index (κ1) is 12.0. The number of nitrogens with two attached hydrogens (primary N) is 1. The van der Waals surface area contributed by atoms with E-state index in [-0.39, 0.29) is 0 Å². The predicted molar refractivity (Wildman–Crippen MR) is 66.5 cm³/mol. The number of hydrogen-bond acceptors (Lipinski definition) is 6. The second-order valence-electron chi connectivity index (χ2n) is 3.63. The Bertz CT molecular complexity index is 467. The largest absolute Gasteiger partial charge is 0.396 e. The van der Waals surface area contributed by atoms with Crippen LogP contribution < -0.4 is 5.73 Å². The zero-order valence-corrected chi connectivity index (χ0v) is 10.5. The second-order valence-corrected chi connectivity index (χ2v) is 4.73. The maximum absolute atomic E-state index is 5.57. The molecule has 0 unspecified atom stereocenters. The van der Waals surface area contributed by atoms with Crippen molar-refractivity contribution < 1.29 is 4.52 Å². The van der Waals surface area contributed by atoms with Crippen molar-refractivity contribution in [3.8, 4) is 0 Å². The first-order valence-corrected chi connectivity index (χ1v) is 6.60. The van der Waals surface area contributed by atoms with Crippen molar-refractivity contribution in [1.29, 1.82) is 0 Å². The molecule has 2 rings (SSSR count). The molecule has 2 aromatic rings. The summed E-state index contributed by atoms with van der Waals surface area (Å²) in [6.07, 6.45) is 4.48. The molecule has 2 aromatic heterocycles. The minimum absolute atomic E-state index is 0.461. The minimum Gasteiger partial charge on any atom is -0.396 e. The molecule has 0 atom stereocenters. The van der Waals surface area contributed by atoms with Gasteiger partial charge in [-0.1, -0.05) is 12.1 Å². The lowest BCUT2D eigenvalue weighted by Gasteiger charge is -1.94. The smallest absolute Gasteiger partial charge is 0.248 e. The number of hydrogen-bond donors (Lipinski definition) is 1. The number of rotatable bonds is 6. The van der Waals surface area contributed by atoms with E-state index < -0.39 is 0 Å². The minimum atomic E-state index is 0.461. The molecule has 6 nitrogen and oxygen atoms in total. The Morgan fingerprint density at radius 2 is 2.41 bits per heavy atom. The summed E-state index contributed by atoms with van der Waals surface area (Å²) < 4.78 is 6.80. The fraction of sp³-hybridized carbons (Fsp3) is 0.500. The van der Waals surface area contributed by atoms with E-state index in [4.69, 9.17) is 10.3 Å². The Morgan fingerprint density at radius 3 is 3.12 bits per heavy atom. The Labute approximate surface area is 104 Å². The van der Waals surface area contributed by atoms with E-state index in [0.29, 0.717) is 18.1 Å². The lowest BCUT2D eigenvalue weighted by atomic mass is 10.6. The normalized spacial score (nSPS) is 10.9. The monoisotopic (exact) mass is 253 g/mol. The molecule has 92 valence electrons. The van der Waals surface area contributed by atoms with Gasteiger partial charge >= 0.3 is 0 Å². The molecule has 0 amide bonds. The van der Waals surface area contributed by atoms with Crippen LogP contribution in [0.1, 0.15) is 25.1 Å². The summed E-state index contributed by atoms with van der Waals surface area (Å²) in [7, 11) is 0. The van der Waals surface area contributed by atoms with Crippen molar-refractivity contribution in [1.82, 2.24) is 19.9 Å². The molecule has 7 heteroatoms. The SMILES string of the molecule is CCCSCc1noc(Cn2cc(N)cn2)n1. The van der Waals surface area contributed by atoms with Gasteiger partial charge in [0.15, 0.2) is 5.82 Å². The summed E-state index contributed by atoms with van der Waals surface area (Å²) in [6, 6.07) is 0. The number of anilines is 1. The lowest BCUT2D eigenvalue weighted by molar-refractivity contribution is 0.362. The maximum Gasteiger partial charge on any atom is 0.248 e. The molecule has 0 saturated carbocycles. The molecule has 0 fully saturated rings. The van der Waals surface area contributed by atoms with E-state index in [9.17, 15) is 0 Å². The molecule has 0 spiro atoms. The Kier molecular flexibility index (Phi) is 4.03. The summed E-state index contributed by atoms with van der Waals surface area (Å²) in [5.41, 5.74) is 6.19. The van der Waals surface area contributed by atoms with Crippen LogP contribution >= 0.6 is 11.8 Å². The van der Waals surface area contributed by atoms with Crippen LogP contribution in [0.2, 0.25) is 0 Å². The topological polar surface area (TPSA) is 82.8 Å². The van der Waals surface area contributed by atoms with Crippen LogP contribution in [-0.4, -0.2) is 25.7 Å². The molecular weight excluding hydrogens is 238 g/mol. The van der Waals surface area contributed by atoms with Gasteiger partial charge in [0.05, 0.1) is 17.6 Å². The quantitative estimate of drug-likeness (QED) is 0.786. The molecule has 2 heterocycles. The average Bonchev–Trinajstić information content (AvgIpc) is 2.90. The molecule has 2 N–H and O–H groups in total. The van der Waals surface area contributed by atoms with Crippen molar-refractivity contribution in [2.45, 2.75) is 25.6 Å². The van der Waals surface area contributed by atoms with E-state index >= 15 is 0 Å². The van der Waals surface area contributed by atoms with Crippen molar-refractivity contribution in [3.05, 3.63) is 24.1 Å². The van der Waals surface area contributed by atoms with Gasteiger partial charge in [-0.05, 0) is 12.2 Å². The molecule has 0 bridgehead atoms. The van der Waals surface area contributed by atoms with Gasteiger partial charge in [0.25, 0.3) is 0 Å². The maximum atomic E-state index is 5.57. The molecular formula is C10H15N5OS. The van der Waals surface area contributed by atoms with E-state index in [2.05, 4.69) is 22.2 Å². The lowest BCUT2D eigenvalue weighted by Crippen LogP contribution is -2.00. The summed E-state index contributed by atoms with van der Waals surface area (Å²) in [4.78, 5) is 4.29. The van der Waals surface area contributed by atoms with Gasteiger partial charge in [-0.15, -0.1) is 0 Å².